The number of nitrogens with one attached hydrogen (secondary N) is 3. The molecule has 2 heterocycles. The van der Waals surface area contributed by atoms with Gasteiger partial charge in [0.2, 0.25) is 0 Å². The number of carbonyl (C=O) groups is 1. The molecule has 1 aromatic heterocycles. The number of hydrogen-bond acceptors (Lipinski definition) is 5. The molecule has 36 heavy (non-hydrogen) atoms. The summed E-state index contributed by atoms with van der Waals surface area (Å²) >= 11 is 0. The molecule has 1 aliphatic rings. The maximum atomic E-state index is 12.6. The average molecular weight is 477 g/mol. The number of ether oxygens (including phenoxy) is 2. The number of imidazole rings is 1. The van der Waals surface area contributed by atoms with E-state index in [1.54, 1.807) is 18.2 Å². The van der Waals surface area contributed by atoms with Crippen molar-refractivity contribution in [2.75, 3.05) is 23.8 Å². The fraction of sp³-hybridized carbons (Fsp3) is 0.103. The van der Waals surface area contributed by atoms with Crippen LogP contribution in [0, 0.1) is 0 Å². The van der Waals surface area contributed by atoms with Crippen molar-refractivity contribution in [2.45, 2.75) is 6.54 Å². The number of aromatic nitrogens is 2. The Hall–Kier alpha value is -4.78. The second-order valence-electron chi connectivity index (χ2n) is 8.54. The van der Waals surface area contributed by atoms with Crippen molar-refractivity contribution < 1.29 is 14.3 Å². The van der Waals surface area contributed by atoms with E-state index in [4.69, 9.17) is 9.47 Å². The van der Waals surface area contributed by atoms with E-state index in [9.17, 15) is 4.79 Å². The molecule has 7 nitrogen and oxygen atoms in total. The monoisotopic (exact) mass is 476 g/mol. The summed E-state index contributed by atoms with van der Waals surface area (Å²) in [7, 11) is 0. The number of benzene rings is 4. The average Bonchev–Trinajstić information content (AvgIpc) is 3.37. The summed E-state index contributed by atoms with van der Waals surface area (Å²) < 4.78 is 11.1. The number of anilines is 2. The molecule has 0 aliphatic carbocycles. The second-order valence-corrected chi connectivity index (χ2v) is 8.54. The van der Waals surface area contributed by atoms with E-state index in [1.165, 1.54) is 0 Å². The van der Waals surface area contributed by atoms with Gasteiger partial charge in [-0.1, -0.05) is 24.3 Å². The lowest BCUT2D eigenvalue weighted by Crippen LogP contribution is -2.17. The van der Waals surface area contributed by atoms with Crippen LogP contribution in [-0.4, -0.2) is 29.1 Å². The summed E-state index contributed by atoms with van der Waals surface area (Å²) in [5.74, 6) is 1.93. The van der Waals surface area contributed by atoms with Gasteiger partial charge in [0.1, 0.15) is 19.0 Å². The first-order chi connectivity index (χ1) is 17.7. The van der Waals surface area contributed by atoms with Gasteiger partial charge < -0.3 is 25.1 Å². The minimum absolute atomic E-state index is 0.192. The number of carbonyl (C=O) groups excluding carboxylic acids is 1. The fourth-order valence-corrected chi connectivity index (χ4v) is 4.13. The van der Waals surface area contributed by atoms with Crippen LogP contribution >= 0.6 is 0 Å². The van der Waals surface area contributed by atoms with Crippen LogP contribution in [0.5, 0.6) is 11.5 Å². The first-order valence-electron chi connectivity index (χ1n) is 11.8. The molecule has 1 aliphatic heterocycles. The minimum Gasteiger partial charge on any atom is -0.486 e. The van der Waals surface area contributed by atoms with Gasteiger partial charge in [0.05, 0.1) is 11.0 Å². The van der Waals surface area contributed by atoms with Gasteiger partial charge in [-0.2, -0.15) is 0 Å². The molecule has 0 saturated carbocycles. The Bertz CT molecular complexity index is 1490. The summed E-state index contributed by atoms with van der Waals surface area (Å²) in [5, 5.41) is 6.37. The Morgan fingerprint density at radius 1 is 0.833 bits per heavy atom. The van der Waals surface area contributed by atoms with Crippen LogP contribution < -0.4 is 20.1 Å². The summed E-state index contributed by atoms with van der Waals surface area (Å²) in [6.45, 7) is 1.67. The smallest absolute Gasteiger partial charge is 0.255 e. The van der Waals surface area contributed by atoms with Crippen LogP contribution in [0.15, 0.2) is 91.0 Å². The molecule has 4 aromatic carbocycles. The molecule has 0 radical (unpaired) electrons. The van der Waals surface area contributed by atoms with Crippen LogP contribution in [0.25, 0.3) is 22.4 Å². The number of amides is 1. The number of para-hydroxylation sites is 2. The van der Waals surface area contributed by atoms with Gasteiger partial charge in [-0.05, 0) is 72.3 Å². The van der Waals surface area contributed by atoms with E-state index < -0.39 is 0 Å². The molecule has 0 spiro atoms. The van der Waals surface area contributed by atoms with Crippen molar-refractivity contribution in [3.05, 3.63) is 102 Å². The third-order valence-corrected chi connectivity index (χ3v) is 6.06. The van der Waals surface area contributed by atoms with Crippen molar-refractivity contribution in [3.63, 3.8) is 0 Å². The number of rotatable bonds is 6. The molecule has 0 atom stereocenters. The van der Waals surface area contributed by atoms with E-state index in [2.05, 4.69) is 32.7 Å². The number of H-pyrrole nitrogens is 1. The van der Waals surface area contributed by atoms with Gasteiger partial charge in [0, 0.05) is 29.0 Å². The van der Waals surface area contributed by atoms with Gasteiger partial charge in [0.25, 0.3) is 5.91 Å². The van der Waals surface area contributed by atoms with Crippen molar-refractivity contribution in [2.24, 2.45) is 0 Å². The summed E-state index contributed by atoms with van der Waals surface area (Å²) in [6, 6.07) is 29.2. The fourth-order valence-electron chi connectivity index (χ4n) is 4.13. The third-order valence-electron chi connectivity index (χ3n) is 6.06. The molecular weight excluding hydrogens is 452 g/mol. The molecule has 0 fully saturated rings. The Balaban J connectivity index is 1.05. The molecule has 0 unspecified atom stereocenters. The molecule has 178 valence electrons. The van der Waals surface area contributed by atoms with Crippen molar-refractivity contribution >= 4 is 28.3 Å². The molecule has 1 amide bonds. The topological polar surface area (TPSA) is 88.3 Å². The lowest BCUT2D eigenvalue weighted by Gasteiger charge is -2.18. The first-order valence-corrected chi connectivity index (χ1v) is 11.8. The number of nitrogens with zero attached hydrogens (tertiary/aromatic N) is 1. The minimum atomic E-state index is -0.192. The largest absolute Gasteiger partial charge is 0.486 e. The highest BCUT2D eigenvalue weighted by Gasteiger charge is 2.15. The number of hydrogen-bond donors (Lipinski definition) is 3. The predicted octanol–water partition coefficient (Wildman–Crippen LogP) is 5.87. The van der Waals surface area contributed by atoms with Crippen LogP contribution in [0.1, 0.15) is 15.9 Å². The van der Waals surface area contributed by atoms with E-state index >= 15 is 0 Å². The molecule has 6 rings (SSSR count). The Morgan fingerprint density at radius 3 is 2.39 bits per heavy atom. The van der Waals surface area contributed by atoms with Gasteiger partial charge in [-0.15, -0.1) is 0 Å². The van der Waals surface area contributed by atoms with Crippen LogP contribution in [0.3, 0.4) is 0 Å². The highest BCUT2D eigenvalue weighted by molar-refractivity contribution is 6.04. The molecule has 0 saturated heterocycles. The Morgan fingerprint density at radius 2 is 1.58 bits per heavy atom. The summed E-state index contributed by atoms with van der Waals surface area (Å²) in [5.41, 5.74) is 6.40. The lowest BCUT2D eigenvalue weighted by atomic mass is 10.1. The van der Waals surface area contributed by atoms with E-state index in [0.717, 1.165) is 39.4 Å². The molecule has 7 heteroatoms. The van der Waals surface area contributed by atoms with E-state index in [1.807, 2.05) is 60.7 Å². The SMILES string of the molecule is O=C(Nc1ccc(CNc2ccc(-c3nc4ccccc4[nH]3)cc2)cc1)c1ccc2c(c1)OCCO2. The number of fused-ring (bicyclic) bond motifs is 2. The molecule has 0 bridgehead atoms. The summed E-state index contributed by atoms with van der Waals surface area (Å²) in [6.07, 6.45) is 0. The quantitative estimate of drug-likeness (QED) is 0.285. The molecule has 5 aromatic rings. The van der Waals surface area contributed by atoms with Crippen LogP contribution in [0.4, 0.5) is 11.4 Å². The highest BCUT2D eigenvalue weighted by Crippen LogP contribution is 2.31. The van der Waals surface area contributed by atoms with Gasteiger partial charge in [0.15, 0.2) is 11.5 Å². The van der Waals surface area contributed by atoms with Crippen LogP contribution in [-0.2, 0) is 6.54 Å². The molecular formula is C29H24N4O3. The zero-order valence-corrected chi connectivity index (χ0v) is 19.5. The Kier molecular flexibility index (Phi) is 5.71. The van der Waals surface area contributed by atoms with E-state index in [-0.39, 0.29) is 5.91 Å². The zero-order chi connectivity index (χ0) is 24.3. The van der Waals surface area contributed by atoms with Crippen LogP contribution in [0.2, 0.25) is 0 Å². The first kappa shape index (κ1) is 21.7. The highest BCUT2D eigenvalue weighted by atomic mass is 16.6. The normalized spacial score (nSPS) is 12.3. The van der Waals surface area contributed by atoms with Gasteiger partial charge in [-0.25, -0.2) is 4.98 Å². The zero-order valence-electron chi connectivity index (χ0n) is 19.5. The van der Waals surface area contributed by atoms with Gasteiger partial charge in [-0.3, -0.25) is 4.79 Å². The molecule has 3 N–H and O–H groups in total. The van der Waals surface area contributed by atoms with E-state index in [0.29, 0.717) is 36.8 Å². The Labute approximate surface area is 208 Å². The third kappa shape index (κ3) is 4.59. The maximum Gasteiger partial charge on any atom is 0.255 e. The predicted molar refractivity (Wildman–Crippen MR) is 141 cm³/mol. The summed E-state index contributed by atoms with van der Waals surface area (Å²) in [4.78, 5) is 20.7. The standard InChI is InChI=1S/C29H24N4O3/c34-29(21-9-14-26-27(17-21)36-16-15-35-26)31-23-10-5-19(6-11-23)18-30-22-12-7-20(8-13-22)28-32-24-3-1-2-4-25(24)33-28/h1-14,17,30H,15-16,18H2,(H,31,34)(H,32,33). The van der Waals surface area contributed by atoms with Gasteiger partial charge >= 0.3 is 0 Å². The lowest BCUT2D eigenvalue weighted by molar-refractivity contribution is 0.102. The van der Waals surface area contributed by atoms with Crippen molar-refractivity contribution in [1.29, 1.82) is 0 Å². The van der Waals surface area contributed by atoms with Crippen molar-refractivity contribution in [3.8, 4) is 22.9 Å². The maximum absolute atomic E-state index is 12.6. The van der Waals surface area contributed by atoms with Crippen molar-refractivity contribution in [1.82, 2.24) is 9.97 Å². The second kappa shape index (κ2) is 9.46. The number of aromatic amines is 1.